The van der Waals surface area contributed by atoms with Crippen LogP contribution in [0.3, 0.4) is 0 Å². The molecular formula is C15H12F3N3O3S. The van der Waals surface area contributed by atoms with E-state index in [0.717, 1.165) is 17.0 Å². The van der Waals surface area contributed by atoms with Crippen molar-refractivity contribution >= 4 is 34.6 Å². The molecule has 0 aliphatic carbocycles. The molecule has 0 bridgehead atoms. The molecule has 3 rings (SSSR count). The molecule has 1 aliphatic rings. The van der Waals surface area contributed by atoms with E-state index in [4.69, 9.17) is 4.74 Å². The molecule has 0 saturated heterocycles. The van der Waals surface area contributed by atoms with Gasteiger partial charge in [-0.25, -0.2) is 4.79 Å². The van der Waals surface area contributed by atoms with Gasteiger partial charge >= 0.3 is 12.2 Å². The van der Waals surface area contributed by atoms with Crippen molar-refractivity contribution in [2.24, 2.45) is 0 Å². The second-order valence-electron chi connectivity index (χ2n) is 5.12. The Labute approximate surface area is 144 Å². The minimum atomic E-state index is -4.64. The number of urea groups is 1. The zero-order chi connectivity index (χ0) is 18.0. The standard InChI is InChI=1S/C15H12F3N3O3S/c16-15(17,18)8-4-10-13(24-7-12(22)20-10)11(5-8)21-14(23)19-6-9-2-1-3-25-9/h1-5H,6-7H2,(H,20,22)(H2,19,21,23). The van der Waals surface area contributed by atoms with Crippen molar-refractivity contribution < 1.29 is 27.5 Å². The van der Waals surface area contributed by atoms with E-state index in [0.29, 0.717) is 0 Å². The summed E-state index contributed by atoms with van der Waals surface area (Å²) < 4.78 is 44.2. The van der Waals surface area contributed by atoms with E-state index < -0.39 is 23.7 Å². The maximum absolute atomic E-state index is 13.0. The van der Waals surface area contributed by atoms with Crippen molar-refractivity contribution in [2.45, 2.75) is 12.7 Å². The lowest BCUT2D eigenvalue weighted by atomic mass is 10.1. The second kappa shape index (κ2) is 6.63. The first kappa shape index (κ1) is 17.1. The molecule has 25 heavy (non-hydrogen) atoms. The lowest BCUT2D eigenvalue weighted by Crippen LogP contribution is -2.30. The van der Waals surface area contributed by atoms with Gasteiger partial charge < -0.3 is 20.7 Å². The first-order valence-electron chi connectivity index (χ1n) is 7.08. The normalized spacial score (nSPS) is 13.5. The van der Waals surface area contributed by atoms with Crippen LogP contribution < -0.4 is 20.7 Å². The van der Waals surface area contributed by atoms with Gasteiger partial charge in [0.15, 0.2) is 12.4 Å². The molecular weight excluding hydrogens is 359 g/mol. The maximum atomic E-state index is 13.0. The van der Waals surface area contributed by atoms with Gasteiger partial charge in [0, 0.05) is 4.88 Å². The van der Waals surface area contributed by atoms with Gasteiger partial charge in [0.1, 0.15) is 0 Å². The number of benzene rings is 1. The Bertz CT molecular complexity index is 806. The van der Waals surface area contributed by atoms with Crippen LogP contribution in [-0.2, 0) is 17.5 Å². The third-order valence-corrected chi connectivity index (χ3v) is 4.17. The number of fused-ring (bicyclic) bond motifs is 1. The number of carbonyl (C=O) groups excluding carboxylic acids is 2. The highest BCUT2D eigenvalue weighted by molar-refractivity contribution is 7.09. The fourth-order valence-electron chi connectivity index (χ4n) is 2.20. The average molecular weight is 371 g/mol. The molecule has 0 unspecified atom stereocenters. The number of hydrogen-bond donors (Lipinski definition) is 3. The summed E-state index contributed by atoms with van der Waals surface area (Å²) in [4.78, 5) is 24.2. The van der Waals surface area contributed by atoms with Crippen LogP contribution in [0.15, 0.2) is 29.6 Å². The Morgan fingerprint density at radius 2 is 2.16 bits per heavy atom. The Hall–Kier alpha value is -2.75. The van der Waals surface area contributed by atoms with Crippen LogP contribution in [0, 0.1) is 0 Å². The molecule has 1 aliphatic heterocycles. The number of anilines is 2. The number of carbonyl (C=O) groups is 2. The average Bonchev–Trinajstić information content (AvgIpc) is 3.05. The van der Waals surface area contributed by atoms with Crippen LogP contribution in [-0.4, -0.2) is 18.5 Å². The summed E-state index contributed by atoms with van der Waals surface area (Å²) in [5, 5.41) is 9.03. The minimum Gasteiger partial charge on any atom is -0.479 e. The van der Waals surface area contributed by atoms with E-state index in [1.54, 1.807) is 0 Å². The summed E-state index contributed by atoms with van der Waals surface area (Å²) in [7, 11) is 0. The molecule has 0 saturated carbocycles. The predicted octanol–water partition coefficient (Wildman–Crippen LogP) is 3.42. The van der Waals surface area contributed by atoms with Crippen molar-refractivity contribution in [2.75, 3.05) is 17.2 Å². The number of nitrogens with one attached hydrogen (secondary N) is 3. The number of halogens is 3. The first-order valence-corrected chi connectivity index (χ1v) is 7.96. The molecule has 10 heteroatoms. The summed E-state index contributed by atoms with van der Waals surface area (Å²) in [6.45, 7) is -0.105. The van der Waals surface area contributed by atoms with Gasteiger partial charge in [-0.3, -0.25) is 4.79 Å². The van der Waals surface area contributed by atoms with Gasteiger partial charge in [-0.15, -0.1) is 11.3 Å². The second-order valence-corrected chi connectivity index (χ2v) is 6.15. The minimum absolute atomic E-state index is 0.0149. The number of hydrogen-bond acceptors (Lipinski definition) is 4. The Kier molecular flexibility index (Phi) is 4.53. The fraction of sp³-hybridized carbons (Fsp3) is 0.200. The number of thiophene rings is 1. The zero-order valence-corrected chi connectivity index (χ0v) is 13.4. The maximum Gasteiger partial charge on any atom is 0.416 e. The molecule has 3 amide bonds. The molecule has 6 nitrogen and oxygen atoms in total. The Morgan fingerprint density at radius 1 is 1.36 bits per heavy atom. The van der Waals surface area contributed by atoms with Crippen LogP contribution in [0.5, 0.6) is 5.75 Å². The SMILES string of the molecule is O=C1COc2c(cc(C(F)(F)F)cc2NC(=O)NCc2cccs2)N1. The quantitative estimate of drug-likeness (QED) is 0.774. The lowest BCUT2D eigenvalue weighted by Gasteiger charge is -2.23. The van der Waals surface area contributed by atoms with E-state index in [9.17, 15) is 22.8 Å². The molecule has 0 radical (unpaired) electrons. The van der Waals surface area contributed by atoms with Gasteiger partial charge in [-0.1, -0.05) is 6.07 Å². The lowest BCUT2D eigenvalue weighted by molar-refractivity contribution is -0.137. The highest BCUT2D eigenvalue weighted by Gasteiger charge is 2.34. The first-order chi connectivity index (χ1) is 11.8. The highest BCUT2D eigenvalue weighted by Crippen LogP contribution is 2.41. The number of rotatable bonds is 3. The van der Waals surface area contributed by atoms with Gasteiger partial charge in [0.25, 0.3) is 5.91 Å². The van der Waals surface area contributed by atoms with E-state index in [1.807, 2.05) is 17.5 Å². The number of amides is 3. The molecule has 0 spiro atoms. The van der Waals surface area contributed by atoms with Gasteiger partial charge in [-0.05, 0) is 23.6 Å². The van der Waals surface area contributed by atoms with E-state index in [1.165, 1.54) is 11.3 Å². The molecule has 1 aromatic carbocycles. The zero-order valence-electron chi connectivity index (χ0n) is 12.6. The summed E-state index contributed by atoms with van der Waals surface area (Å²) in [5.74, 6) is -0.584. The molecule has 0 fully saturated rings. The summed E-state index contributed by atoms with van der Waals surface area (Å²) in [6.07, 6.45) is -4.64. The van der Waals surface area contributed by atoms with Crippen molar-refractivity contribution in [3.63, 3.8) is 0 Å². The number of ether oxygens (including phenoxy) is 1. The predicted molar refractivity (Wildman–Crippen MR) is 85.7 cm³/mol. The van der Waals surface area contributed by atoms with Gasteiger partial charge in [-0.2, -0.15) is 13.2 Å². The van der Waals surface area contributed by atoms with E-state index in [-0.39, 0.29) is 30.3 Å². The van der Waals surface area contributed by atoms with Gasteiger partial charge in [0.05, 0.1) is 23.5 Å². The molecule has 3 N–H and O–H groups in total. The van der Waals surface area contributed by atoms with Gasteiger partial charge in [0.2, 0.25) is 0 Å². The third kappa shape index (κ3) is 4.02. The van der Waals surface area contributed by atoms with Crippen LogP contribution in [0.1, 0.15) is 10.4 Å². The van der Waals surface area contributed by atoms with E-state index >= 15 is 0 Å². The molecule has 2 heterocycles. The Morgan fingerprint density at radius 3 is 2.84 bits per heavy atom. The monoisotopic (exact) mass is 371 g/mol. The smallest absolute Gasteiger partial charge is 0.416 e. The molecule has 2 aromatic rings. The number of alkyl halides is 3. The van der Waals surface area contributed by atoms with Crippen molar-refractivity contribution in [1.82, 2.24) is 5.32 Å². The topological polar surface area (TPSA) is 79.5 Å². The van der Waals surface area contributed by atoms with Crippen LogP contribution in [0.25, 0.3) is 0 Å². The third-order valence-electron chi connectivity index (χ3n) is 3.29. The van der Waals surface area contributed by atoms with Crippen molar-refractivity contribution in [1.29, 1.82) is 0 Å². The summed E-state index contributed by atoms with van der Waals surface area (Å²) in [6, 6.07) is 4.48. The molecule has 1 aromatic heterocycles. The van der Waals surface area contributed by atoms with Crippen LogP contribution in [0.4, 0.5) is 29.3 Å². The van der Waals surface area contributed by atoms with Crippen LogP contribution in [0.2, 0.25) is 0 Å². The summed E-state index contributed by atoms with van der Waals surface area (Å²) in [5.41, 5.74) is -1.32. The van der Waals surface area contributed by atoms with Crippen LogP contribution >= 0.6 is 11.3 Å². The van der Waals surface area contributed by atoms with Crippen molar-refractivity contribution in [3.8, 4) is 5.75 Å². The van der Waals surface area contributed by atoms with Crippen molar-refractivity contribution in [3.05, 3.63) is 40.1 Å². The Balaban J connectivity index is 1.82. The summed E-state index contributed by atoms with van der Waals surface area (Å²) >= 11 is 1.44. The highest BCUT2D eigenvalue weighted by atomic mass is 32.1. The van der Waals surface area contributed by atoms with E-state index in [2.05, 4.69) is 16.0 Å². The fourth-order valence-corrected chi connectivity index (χ4v) is 2.85. The molecule has 132 valence electrons. The largest absolute Gasteiger partial charge is 0.479 e. The molecule has 0 atom stereocenters.